The van der Waals surface area contributed by atoms with Gasteiger partial charge in [0.05, 0.1) is 5.39 Å². The van der Waals surface area contributed by atoms with Crippen LogP contribution in [-0.2, 0) is 0 Å². The van der Waals surface area contributed by atoms with Gasteiger partial charge in [0.2, 0.25) is 0 Å². The maximum atomic E-state index is 5.98. The van der Waals surface area contributed by atoms with Crippen molar-refractivity contribution in [3.05, 3.63) is 17.7 Å². The van der Waals surface area contributed by atoms with E-state index in [4.69, 9.17) is 16.3 Å². The normalized spacial score (nSPS) is 16.6. The number of H-pyrrole nitrogens is 1. The molecule has 1 fully saturated rings. The third-order valence-electron chi connectivity index (χ3n) is 2.43. The lowest BCUT2D eigenvalue weighted by molar-refractivity contribution is 0.144. The first kappa shape index (κ1) is 8.94. The number of hydrogen-bond acceptors (Lipinski definition) is 4. The Bertz CT molecular complexity index is 494. The van der Waals surface area contributed by atoms with Gasteiger partial charge in [-0.2, -0.15) is 0 Å². The minimum absolute atomic E-state index is 0.222. The van der Waals surface area contributed by atoms with Gasteiger partial charge in [-0.25, -0.2) is 9.97 Å². The molecule has 1 aliphatic rings. The van der Waals surface area contributed by atoms with E-state index in [9.17, 15) is 0 Å². The van der Waals surface area contributed by atoms with Crippen molar-refractivity contribution in [1.82, 2.24) is 20.3 Å². The van der Waals surface area contributed by atoms with E-state index in [-0.39, 0.29) is 6.10 Å². The van der Waals surface area contributed by atoms with Gasteiger partial charge >= 0.3 is 0 Å². The first-order valence-corrected chi connectivity index (χ1v) is 5.07. The molecule has 0 unspecified atom stereocenters. The van der Waals surface area contributed by atoms with Crippen LogP contribution >= 0.6 is 11.6 Å². The Hall–Kier alpha value is -1.33. The van der Waals surface area contributed by atoms with Gasteiger partial charge in [-0.15, -0.1) is 0 Å². The van der Waals surface area contributed by atoms with Crippen LogP contribution in [0.5, 0.6) is 5.75 Å². The zero-order valence-corrected chi connectivity index (χ0v) is 8.58. The minimum Gasteiger partial charge on any atom is -0.485 e. The summed E-state index contributed by atoms with van der Waals surface area (Å²) in [6, 6.07) is 0. The van der Waals surface area contributed by atoms with Crippen molar-refractivity contribution in [1.29, 1.82) is 0 Å². The highest BCUT2D eigenvalue weighted by molar-refractivity contribution is 6.34. The van der Waals surface area contributed by atoms with Crippen LogP contribution in [0.4, 0.5) is 0 Å². The number of nitrogens with one attached hydrogen (secondary N) is 2. The van der Waals surface area contributed by atoms with E-state index in [0.717, 1.165) is 24.2 Å². The Balaban J connectivity index is 2.02. The summed E-state index contributed by atoms with van der Waals surface area (Å²) in [5.41, 5.74) is 0.706. The number of nitrogens with zero attached hydrogens (tertiary/aromatic N) is 2. The molecule has 0 bridgehead atoms. The van der Waals surface area contributed by atoms with Crippen LogP contribution in [0.25, 0.3) is 11.0 Å². The number of aromatic amines is 1. The average molecular weight is 225 g/mol. The zero-order valence-electron chi connectivity index (χ0n) is 7.83. The minimum atomic E-state index is 0.222. The molecule has 2 aromatic rings. The second-order valence-corrected chi connectivity index (χ2v) is 3.80. The monoisotopic (exact) mass is 224 g/mol. The molecule has 0 atom stereocenters. The summed E-state index contributed by atoms with van der Waals surface area (Å²) in [4.78, 5) is 11.0. The molecule has 0 amide bonds. The molecule has 3 rings (SSSR count). The van der Waals surface area contributed by atoms with Crippen molar-refractivity contribution in [2.45, 2.75) is 6.10 Å². The fourth-order valence-electron chi connectivity index (χ4n) is 1.52. The highest BCUT2D eigenvalue weighted by Gasteiger charge is 2.21. The van der Waals surface area contributed by atoms with Gasteiger partial charge in [0.15, 0.2) is 0 Å². The van der Waals surface area contributed by atoms with Crippen molar-refractivity contribution < 1.29 is 4.74 Å². The molecule has 6 heteroatoms. The van der Waals surface area contributed by atoms with Gasteiger partial charge in [-0.05, 0) is 0 Å². The number of halogens is 1. The highest BCUT2D eigenvalue weighted by atomic mass is 35.5. The molecule has 0 saturated carbocycles. The average Bonchev–Trinajstić information content (AvgIpc) is 2.56. The molecule has 2 aromatic heterocycles. The Morgan fingerprint density at radius 3 is 3.00 bits per heavy atom. The molecule has 3 heterocycles. The van der Waals surface area contributed by atoms with Gasteiger partial charge < -0.3 is 15.0 Å². The molecule has 5 nitrogen and oxygen atoms in total. The molecule has 0 radical (unpaired) electrons. The summed E-state index contributed by atoms with van der Waals surface area (Å²) in [6.45, 7) is 1.75. The number of fused-ring (bicyclic) bond motifs is 1. The van der Waals surface area contributed by atoms with Gasteiger partial charge in [0, 0.05) is 19.3 Å². The van der Waals surface area contributed by atoms with E-state index in [1.807, 2.05) is 0 Å². The fourth-order valence-corrected chi connectivity index (χ4v) is 1.74. The summed E-state index contributed by atoms with van der Waals surface area (Å²) >= 11 is 5.98. The van der Waals surface area contributed by atoms with Gasteiger partial charge in [-0.1, -0.05) is 11.6 Å². The van der Waals surface area contributed by atoms with Gasteiger partial charge in [0.1, 0.15) is 29.0 Å². The molecule has 1 aliphatic heterocycles. The predicted octanol–water partition coefficient (Wildman–Crippen LogP) is 0.962. The molecule has 0 aliphatic carbocycles. The SMILES string of the molecule is Clc1ncnc2[nH]cc(OC3CNC3)c12. The number of ether oxygens (including phenoxy) is 1. The Kier molecular flexibility index (Phi) is 2.00. The maximum absolute atomic E-state index is 5.98. The molecule has 2 N–H and O–H groups in total. The third-order valence-corrected chi connectivity index (χ3v) is 2.71. The van der Waals surface area contributed by atoms with Crippen molar-refractivity contribution in [3.63, 3.8) is 0 Å². The Morgan fingerprint density at radius 1 is 1.40 bits per heavy atom. The second kappa shape index (κ2) is 3.36. The molecule has 0 aromatic carbocycles. The van der Waals surface area contributed by atoms with Crippen LogP contribution in [0.1, 0.15) is 0 Å². The van der Waals surface area contributed by atoms with Crippen molar-refractivity contribution in [3.8, 4) is 5.75 Å². The quantitative estimate of drug-likeness (QED) is 0.746. The molecule has 15 heavy (non-hydrogen) atoms. The maximum Gasteiger partial charge on any atom is 0.149 e. The van der Waals surface area contributed by atoms with E-state index in [1.54, 1.807) is 6.20 Å². The third kappa shape index (κ3) is 1.44. The zero-order chi connectivity index (χ0) is 10.3. The fraction of sp³-hybridized carbons (Fsp3) is 0.333. The van der Waals surface area contributed by atoms with Gasteiger partial charge in [0.25, 0.3) is 0 Å². The van der Waals surface area contributed by atoms with Crippen LogP contribution in [0.2, 0.25) is 5.15 Å². The molecule has 1 saturated heterocycles. The first-order chi connectivity index (χ1) is 7.34. The number of aromatic nitrogens is 3. The smallest absolute Gasteiger partial charge is 0.149 e. The van der Waals surface area contributed by atoms with E-state index >= 15 is 0 Å². The predicted molar refractivity (Wildman–Crippen MR) is 56.2 cm³/mol. The van der Waals surface area contributed by atoms with E-state index in [2.05, 4.69) is 20.3 Å². The summed E-state index contributed by atoms with van der Waals surface area (Å²) < 4.78 is 5.73. The molecular formula is C9H9ClN4O. The standard InChI is InChI=1S/C9H9ClN4O/c10-8-7-6(15-5-1-11-2-5)3-12-9(7)14-4-13-8/h3-5,11H,1-2H2,(H,12,13,14). The van der Waals surface area contributed by atoms with Crippen LogP contribution < -0.4 is 10.1 Å². The molecular weight excluding hydrogens is 216 g/mol. The summed E-state index contributed by atoms with van der Waals surface area (Å²) in [5, 5.41) is 4.31. The molecule has 0 spiro atoms. The van der Waals surface area contributed by atoms with Crippen LogP contribution in [0.15, 0.2) is 12.5 Å². The molecule has 78 valence electrons. The van der Waals surface area contributed by atoms with Crippen molar-refractivity contribution in [2.24, 2.45) is 0 Å². The largest absolute Gasteiger partial charge is 0.485 e. The second-order valence-electron chi connectivity index (χ2n) is 3.44. The van der Waals surface area contributed by atoms with Crippen LogP contribution in [0.3, 0.4) is 0 Å². The lowest BCUT2D eigenvalue weighted by Crippen LogP contribution is -2.50. The topological polar surface area (TPSA) is 62.8 Å². The lowest BCUT2D eigenvalue weighted by Gasteiger charge is -2.27. The van der Waals surface area contributed by atoms with Crippen LogP contribution in [0, 0.1) is 0 Å². The summed E-state index contributed by atoms with van der Waals surface area (Å²) in [5.74, 6) is 0.724. The Labute approximate surface area is 90.8 Å². The summed E-state index contributed by atoms with van der Waals surface area (Å²) in [7, 11) is 0. The van der Waals surface area contributed by atoms with Crippen molar-refractivity contribution in [2.75, 3.05) is 13.1 Å². The van der Waals surface area contributed by atoms with E-state index < -0.39 is 0 Å². The Morgan fingerprint density at radius 2 is 2.27 bits per heavy atom. The summed E-state index contributed by atoms with van der Waals surface area (Å²) in [6.07, 6.45) is 3.42. The number of hydrogen-bond donors (Lipinski definition) is 2. The van der Waals surface area contributed by atoms with Gasteiger partial charge in [-0.3, -0.25) is 0 Å². The lowest BCUT2D eigenvalue weighted by atomic mass is 10.2. The van der Waals surface area contributed by atoms with E-state index in [0.29, 0.717) is 10.8 Å². The number of rotatable bonds is 2. The van der Waals surface area contributed by atoms with Crippen LogP contribution in [-0.4, -0.2) is 34.1 Å². The van der Waals surface area contributed by atoms with Crippen molar-refractivity contribution >= 4 is 22.6 Å². The highest BCUT2D eigenvalue weighted by Crippen LogP contribution is 2.30. The first-order valence-electron chi connectivity index (χ1n) is 4.69. The van der Waals surface area contributed by atoms with E-state index in [1.165, 1.54) is 6.33 Å².